The summed E-state index contributed by atoms with van der Waals surface area (Å²) >= 11 is 3.47. The first kappa shape index (κ1) is 13.0. The van der Waals surface area contributed by atoms with E-state index in [0.717, 1.165) is 40.1 Å². The summed E-state index contributed by atoms with van der Waals surface area (Å²) in [7, 11) is 0. The Labute approximate surface area is 116 Å². The molecule has 0 aliphatic rings. The summed E-state index contributed by atoms with van der Waals surface area (Å²) < 4.78 is 1.05. The summed E-state index contributed by atoms with van der Waals surface area (Å²) in [6.45, 7) is 5.11. The Balaban J connectivity index is 2.29. The molecule has 1 aromatic heterocycles. The molecule has 1 N–H and O–H groups in total. The van der Waals surface area contributed by atoms with E-state index in [1.807, 2.05) is 24.3 Å². The van der Waals surface area contributed by atoms with Gasteiger partial charge >= 0.3 is 0 Å². The second kappa shape index (κ2) is 5.96. The van der Waals surface area contributed by atoms with Crippen LogP contribution in [0.3, 0.4) is 0 Å². The molecule has 0 unspecified atom stereocenters. The van der Waals surface area contributed by atoms with Crippen molar-refractivity contribution in [2.45, 2.75) is 20.3 Å². The van der Waals surface area contributed by atoms with Gasteiger partial charge < -0.3 is 5.32 Å². The average Bonchev–Trinajstić information content (AvgIpc) is 2.36. The van der Waals surface area contributed by atoms with Gasteiger partial charge in [-0.05, 0) is 37.1 Å². The Hall–Kier alpha value is -1.42. The third-order valence-corrected chi connectivity index (χ3v) is 3.13. The fourth-order valence-electron chi connectivity index (χ4n) is 1.75. The number of rotatable bonds is 4. The van der Waals surface area contributed by atoms with E-state index in [1.165, 1.54) is 0 Å². The van der Waals surface area contributed by atoms with Gasteiger partial charge in [0.15, 0.2) is 0 Å². The normalized spacial score (nSPS) is 10.4. The van der Waals surface area contributed by atoms with Crippen molar-refractivity contribution in [2.75, 3.05) is 11.9 Å². The van der Waals surface area contributed by atoms with E-state index in [0.29, 0.717) is 0 Å². The van der Waals surface area contributed by atoms with E-state index in [-0.39, 0.29) is 0 Å². The molecule has 3 nitrogen and oxygen atoms in total. The Bertz CT molecular complexity index is 540. The highest BCUT2D eigenvalue weighted by Gasteiger charge is 2.06. The highest BCUT2D eigenvalue weighted by molar-refractivity contribution is 9.10. The zero-order valence-electron chi connectivity index (χ0n) is 10.6. The van der Waals surface area contributed by atoms with Gasteiger partial charge in [0.05, 0.1) is 5.69 Å². The molecule has 0 bridgehead atoms. The molecule has 0 saturated heterocycles. The smallest absolute Gasteiger partial charge is 0.148 e. The van der Waals surface area contributed by atoms with Gasteiger partial charge in [-0.3, -0.25) is 0 Å². The zero-order chi connectivity index (χ0) is 13.0. The highest BCUT2D eigenvalue weighted by Crippen LogP contribution is 2.24. The second-order valence-electron chi connectivity index (χ2n) is 4.20. The molecule has 0 amide bonds. The molecule has 0 spiro atoms. The molecule has 2 rings (SSSR count). The van der Waals surface area contributed by atoms with Crippen LogP contribution in [0.1, 0.15) is 18.9 Å². The molecule has 18 heavy (non-hydrogen) atoms. The molecule has 1 heterocycles. The van der Waals surface area contributed by atoms with Crippen LogP contribution in [0.25, 0.3) is 11.3 Å². The van der Waals surface area contributed by atoms with Crippen LogP contribution in [0.5, 0.6) is 0 Å². The number of nitrogens with one attached hydrogen (secondary N) is 1. The Morgan fingerprint density at radius 3 is 2.72 bits per heavy atom. The first-order chi connectivity index (χ1) is 8.70. The van der Waals surface area contributed by atoms with E-state index in [2.05, 4.69) is 51.4 Å². The van der Waals surface area contributed by atoms with E-state index >= 15 is 0 Å². The maximum atomic E-state index is 4.31. The largest absolute Gasteiger partial charge is 0.369 e. The number of hydrogen-bond acceptors (Lipinski definition) is 3. The summed E-state index contributed by atoms with van der Waals surface area (Å²) in [5.74, 6) is 0.841. The minimum absolute atomic E-state index is 0.841. The monoisotopic (exact) mass is 305 g/mol. The molecule has 0 radical (unpaired) electrons. The zero-order valence-corrected chi connectivity index (χ0v) is 12.2. The number of nitrogens with zero attached hydrogens (tertiary/aromatic N) is 2. The molecule has 0 aliphatic carbocycles. The number of aromatic nitrogens is 2. The van der Waals surface area contributed by atoms with Crippen LogP contribution in [0.15, 0.2) is 34.8 Å². The predicted molar refractivity (Wildman–Crippen MR) is 78.7 cm³/mol. The van der Waals surface area contributed by atoms with E-state index in [9.17, 15) is 0 Å². The van der Waals surface area contributed by atoms with Gasteiger partial charge in [-0.25, -0.2) is 0 Å². The average molecular weight is 306 g/mol. The second-order valence-corrected chi connectivity index (χ2v) is 5.11. The molecule has 0 aliphatic heterocycles. The van der Waals surface area contributed by atoms with Gasteiger partial charge in [-0.15, -0.1) is 10.2 Å². The maximum absolute atomic E-state index is 4.31. The quantitative estimate of drug-likeness (QED) is 0.926. The third kappa shape index (κ3) is 3.07. The third-order valence-electron chi connectivity index (χ3n) is 2.64. The summed E-state index contributed by atoms with van der Waals surface area (Å²) in [5.41, 5.74) is 3.14. The van der Waals surface area contributed by atoms with Crippen molar-refractivity contribution in [2.24, 2.45) is 0 Å². The fourth-order valence-corrected chi connectivity index (χ4v) is 2.14. The van der Waals surface area contributed by atoms with Crippen LogP contribution in [-0.2, 0) is 0 Å². The Kier molecular flexibility index (Phi) is 4.31. The SMILES string of the molecule is CCCNc1cc(C)c(-c2cccc(Br)c2)nn1. The molecule has 1 aromatic carbocycles. The van der Waals surface area contributed by atoms with Gasteiger partial charge in [-0.2, -0.15) is 0 Å². The summed E-state index contributed by atoms with van der Waals surface area (Å²) in [5, 5.41) is 11.8. The molecule has 0 saturated carbocycles. The number of halogens is 1. The first-order valence-corrected chi connectivity index (χ1v) is 6.84. The Morgan fingerprint density at radius 1 is 1.22 bits per heavy atom. The minimum atomic E-state index is 0.841. The lowest BCUT2D eigenvalue weighted by Gasteiger charge is -2.08. The minimum Gasteiger partial charge on any atom is -0.369 e. The van der Waals surface area contributed by atoms with Gasteiger partial charge in [0.25, 0.3) is 0 Å². The molecule has 94 valence electrons. The number of hydrogen-bond donors (Lipinski definition) is 1. The predicted octanol–water partition coefficient (Wildman–Crippen LogP) is 4.04. The van der Waals surface area contributed by atoms with Gasteiger partial charge in [0, 0.05) is 16.6 Å². The fraction of sp³-hybridized carbons (Fsp3) is 0.286. The van der Waals surface area contributed by atoms with Crippen molar-refractivity contribution in [3.63, 3.8) is 0 Å². The number of aryl methyl sites for hydroxylation is 1. The van der Waals surface area contributed by atoms with Crippen molar-refractivity contribution in [1.29, 1.82) is 0 Å². The highest BCUT2D eigenvalue weighted by atomic mass is 79.9. The first-order valence-electron chi connectivity index (χ1n) is 6.05. The van der Waals surface area contributed by atoms with Crippen molar-refractivity contribution in [1.82, 2.24) is 10.2 Å². The van der Waals surface area contributed by atoms with E-state index in [1.54, 1.807) is 0 Å². The van der Waals surface area contributed by atoms with E-state index in [4.69, 9.17) is 0 Å². The van der Waals surface area contributed by atoms with Gasteiger partial charge in [0.1, 0.15) is 5.82 Å². The molecule has 0 atom stereocenters. The molecular formula is C14H16BrN3. The van der Waals surface area contributed by atoms with Crippen LogP contribution < -0.4 is 5.32 Å². The van der Waals surface area contributed by atoms with Crippen molar-refractivity contribution < 1.29 is 0 Å². The lowest BCUT2D eigenvalue weighted by Crippen LogP contribution is -2.04. The lowest BCUT2D eigenvalue weighted by molar-refractivity contribution is 0.941. The topological polar surface area (TPSA) is 37.8 Å². The van der Waals surface area contributed by atoms with Crippen molar-refractivity contribution in [3.8, 4) is 11.3 Å². The van der Waals surface area contributed by atoms with Crippen molar-refractivity contribution >= 4 is 21.7 Å². The lowest BCUT2D eigenvalue weighted by atomic mass is 10.1. The maximum Gasteiger partial charge on any atom is 0.148 e. The number of benzene rings is 1. The van der Waals surface area contributed by atoms with E-state index < -0.39 is 0 Å². The molecule has 0 fully saturated rings. The van der Waals surface area contributed by atoms with Crippen molar-refractivity contribution in [3.05, 3.63) is 40.4 Å². The standard InChI is InChI=1S/C14H16BrN3/c1-3-7-16-13-8-10(2)14(18-17-13)11-5-4-6-12(15)9-11/h4-6,8-9H,3,7H2,1-2H3,(H,16,17). The van der Waals surface area contributed by atoms with Crippen LogP contribution in [0.2, 0.25) is 0 Å². The molecule has 4 heteroatoms. The summed E-state index contributed by atoms with van der Waals surface area (Å²) in [6, 6.07) is 10.1. The Morgan fingerprint density at radius 2 is 2.06 bits per heavy atom. The van der Waals surface area contributed by atoms with Crippen LogP contribution >= 0.6 is 15.9 Å². The summed E-state index contributed by atoms with van der Waals surface area (Å²) in [6.07, 6.45) is 1.08. The molecule has 2 aromatic rings. The van der Waals surface area contributed by atoms with Gasteiger partial charge in [-0.1, -0.05) is 35.0 Å². The molecular weight excluding hydrogens is 290 g/mol. The van der Waals surface area contributed by atoms with Gasteiger partial charge in [0.2, 0.25) is 0 Å². The summed E-state index contributed by atoms with van der Waals surface area (Å²) in [4.78, 5) is 0. The van der Waals surface area contributed by atoms with Crippen LogP contribution in [-0.4, -0.2) is 16.7 Å². The number of anilines is 1. The van der Waals surface area contributed by atoms with Crippen LogP contribution in [0.4, 0.5) is 5.82 Å². The van der Waals surface area contributed by atoms with Crippen LogP contribution in [0, 0.1) is 6.92 Å².